The molecular weight excluding hydrogens is 550 g/mol. The van der Waals surface area contributed by atoms with Crippen molar-refractivity contribution in [1.82, 2.24) is 25.2 Å². The van der Waals surface area contributed by atoms with Gasteiger partial charge in [-0.25, -0.2) is 0 Å². The second-order valence-corrected chi connectivity index (χ2v) is 10.5. The van der Waals surface area contributed by atoms with E-state index in [1.165, 1.54) is 0 Å². The Morgan fingerprint density at radius 3 is 1.74 bits per heavy atom. The van der Waals surface area contributed by atoms with Crippen LogP contribution in [0.3, 0.4) is 0 Å². The first-order chi connectivity index (χ1) is 20.7. The topological polar surface area (TPSA) is 126 Å². The average Bonchev–Trinajstić information content (AvgIpc) is 3.26. The third-order valence-electron chi connectivity index (χ3n) is 7.01. The van der Waals surface area contributed by atoms with Crippen LogP contribution in [0.25, 0.3) is 0 Å². The van der Waals surface area contributed by atoms with Gasteiger partial charge in [0.05, 0.1) is 25.6 Å². The van der Waals surface area contributed by atoms with Crippen LogP contribution in [0.2, 0.25) is 0 Å². The molecule has 0 saturated heterocycles. The first kappa shape index (κ1) is 33.5. The number of methoxy groups -OCH3 is 2. The van der Waals surface area contributed by atoms with E-state index in [0.717, 1.165) is 54.0 Å². The summed E-state index contributed by atoms with van der Waals surface area (Å²) in [6.45, 7) is 8.60. The molecular formula is C32H45N5O6. The summed E-state index contributed by atoms with van der Waals surface area (Å²) in [7, 11) is 5.16. The Balaban J connectivity index is 1.54. The van der Waals surface area contributed by atoms with E-state index in [-0.39, 0.29) is 11.6 Å². The summed E-state index contributed by atoms with van der Waals surface area (Å²) >= 11 is 0. The summed E-state index contributed by atoms with van der Waals surface area (Å²) in [4.78, 5) is 31.2. The minimum atomic E-state index is 0.196. The zero-order valence-corrected chi connectivity index (χ0v) is 26.2. The molecule has 0 aliphatic carbocycles. The molecule has 0 aliphatic heterocycles. The highest BCUT2D eigenvalue weighted by molar-refractivity contribution is 5.75. The zero-order chi connectivity index (χ0) is 31.2. The second-order valence-electron chi connectivity index (χ2n) is 10.5. The zero-order valence-electron chi connectivity index (χ0n) is 26.2. The Morgan fingerprint density at radius 1 is 0.791 bits per heavy atom. The fraction of sp³-hybridized carbons (Fsp3) is 0.500. The number of rotatable bonds is 20. The highest BCUT2D eigenvalue weighted by Crippen LogP contribution is 2.24. The lowest BCUT2D eigenvalue weighted by atomic mass is 10.2. The average molecular weight is 596 g/mol. The summed E-state index contributed by atoms with van der Waals surface area (Å²) in [6, 6.07) is 9.62. The molecule has 3 aromatic heterocycles. The molecule has 43 heavy (non-hydrogen) atoms. The molecule has 0 aliphatic rings. The maximum Gasteiger partial charge on any atom is 0.220 e. The van der Waals surface area contributed by atoms with Crippen LogP contribution in [-0.4, -0.2) is 53.4 Å². The van der Waals surface area contributed by atoms with E-state index in [2.05, 4.69) is 31.2 Å². The van der Waals surface area contributed by atoms with Gasteiger partial charge in [-0.1, -0.05) is 0 Å². The van der Waals surface area contributed by atoms with E-state index >= 15 is 0 Å². The first-order valence-corrected chi connectivity index (χ1v) is 14.6. The first-order valence-electron chi connectivity index (χ1n) is 14.6. The summed E-state index contributed by atoms with van der Waals surface area (Å²) in [5.74, 6) is 2.35. The minimum absolute atomic E-state index is 0.196. The number of pyridine rings is 2. The Bertz CT molecular complexity index is 1360. The van der Waals surface area contributed by atoms with Gasteiger partial charge in [0.25, 0.3) is 0 Å². The highest BCUT2D eigenvalue weighted by atomic mass is 16.5. The lowest BCUT2D eigenvalue weighted by Gasteiger charge is -2.13. The van der Waals surface area contributed by atoms with E-state index in [4.69, 9.17) is 18.9 Å². The van der Waals surface area contributed by atoms with Crippen LogP contribution in [0.4, 0.5) is 0 Å². The largest absolute Gasteiger partial charge is 0.481 e. The SMILES string of the molecule is COc1nc(OCc2cc(C)c(COc3ccc(CNCCCC(C)=O)c(OC)n3)n2C)ccc1CNCCCC(C)=O. The Morgan fingerprint density at radius 2 is 1.28 bits per heavy atom. The van der Waals surface area contributed by atoms with Crippen LogP contribution in [0.1, 0.15) is 67.6 Å². The predicted octanol–water partition coefficient (Wildman–Crippen LogP) is 4.22. The van der Waals surface area contributed by atoms with Gasteiger partial charge in [0, 0.05) is 56.2 Å². The number of nitrogens with one attached hydrogen (secondary N) is 2. The van der Waals surface area contributed by atoms with Gasteiger partial charge in [0.2, 0.25) is 23.5 Å². The molecule has 11 nitrogen and oxygen atoms in total. The van der Waals surface area contributed by atoms with Crippen LogP contribution in [-0.2, 0) is 42.9 Å². The van der Waals surface area contributed by atoms with E-state index in [0.29, 0.717) is 62.7 Å². The number of Topliss-reactive ketones (excluding diaryl/α,β-unsaturated/α-hetero) is 2. The summed E-state index contributed by atoms with van der Waals surface area (Å²) < 4.78 is 25.1. The smallest absolute Gasteiger partial charge is 0.220 e. The Hall–Kier alpha value is -3.96. The van der Waals surface area contributed by atoms with Crippen molar-refractivity contribution in [3.63, 3.8) is 0 Å². The maximum atomic E-state index is 11.1. The van der Waals surface area contributed by atoms with Crippen LogP contribution < -0.4 is 29.6 Å². The van der Waals surface area contributed by atoms with Gasteiger partial charge in [-0.15, -0.1) is 0 Å². The van der Waals surface area contributed by atoms with E-state index < -0.39 is 0 Å². The summed E-state index contributed by atoms with van der Waals surface area (Å²) in [5, 5.41) is 6.64. The van der Waals surface area contributed by atoms with Crippen molar-refractivity contribution in [3.05, 3.63) is 58.4 Å². The van der Waals surface area contributed by atoms with Crippen molar-refractivity contribution in [3.8, 4) is 23.5 Å². The Labute approximate surface area is 254 Å². The van der Waals surface area contributed by atoms with Gasteiger partial charge in [-0.3, -0.25) is 0 Å². The van der Waals surface area contributed by atoms with Gasteiger partial charge in [-0.05, 0) is 70.5 Å². The molecule has 0 atom stereocenters. The third-order valence-corrected chi connectivity index (χ3v) is 7.01. The standard InChI is InChI=1S/C32H45N5O6/c1-22-17-27(20-42-29-13-11-25(31(35-29)40-5)18-33-15-7-9-23(2)38)37(4)28(22)21-43-30-14-12-26(32(36-30)41-6)19-34-16-8-10-24(3)39/h11-14,17,33-34H,7-10,15-16,18-21H2,1-6H3. The molecule has 0 fully saturated rings. The van der Waals surface area contributed by atoms with E-state index in [9.17, 15) is 9.59 Å². The number of nitrogens with zero attached hydrogens (tertiary/aromatic N) is 3. The molecule has 0 spiro atoms. The van der Waals surface area contributed by atoms with Crippen LogP contribution >= 0.6 is 0 Å². The van der Waals surface area contributed by atoms with E-state index in [1.54, 1.807) is 28.1 Å². The monoisotopic (exact) mass is 595 g/mol. The van der Waals surface area contributed by atoms with Crippen molar-refractivity contribution in [2.75, 3.05) is 27.3 Å². The second kappa shape index (κ2) is 17.2. The predicted molar refractivity (Wildman–Crippen MR) is 164 cm³/mol. The van der Waals surface area contributed by atoms with Crippen molar-refractivity contribution >= 4 is 11.6 Å². The number of aromatic nitrogens is 3. The highest BCUT2D eigenvalue weighted by Gasteiger charge is 2.14. The fourth-order valence-electron chi connectivity index (χ4n) is 4.57. The van der Waals surface area contributed by atoms with Crippen molar-refractivity contribution in [1.29, 1.82) is 0 Å². The lowest BCUT2D eigenvalue weighted by molar-refractivity contribution is -0.117. The minimum Gasteiger partial charge on any atom is -0.481 e. The molecule has 2 N–H and O–H groups in total. The quantitative estimate of drug-likeness (QED) is 0.183. The molecule has 3 aromatic rings. The number of hydrogen-bond donors (Lipinski definition) is 2. The fourth-order valence-corrected chi connectivity index (χ4v) is 4.57. The number of ether oxygens (including phenoxy) is 4. The summed E-state index contributed by atoms with van der Waals surface area (Å²) in [6.07, 6.45) is 2.75. The van der Waals surface area contributed by atoms with Gasteiger partial charge < -0.3 is 43.7 Å². The van der Waals surface area contributed by atoms with Crippen molar-refractivity contribution < 1.29 is 28.5 Å². The summed E-state index contributed by atoms with van der Waals surface area (Å²) in [5.41, 5.74) is 4.91. The molecule has 0 aromatic carbocycles. The molecule has 0 radical (unpaired) electrons. The molecule has 0 unspecified atom stereocenters. The van der Waals surface area contributed by atoms with Crippen LogP contribution in [0.5, 0.6) is 23.5 Å². The molecule has 234 valence electrons. The molecule has 3 heterocycles. The van der Waals surface area contributed by atoms with E-state index in [1.807, 2.05) is 38.2 Å². The molecule has 0 bridgehead atoms. The molecule has 3 rings (SSSR count). The Kier molecular flexibility index (Phi) is 13.4. The number of carbonyl (C=O) groups excluding carboxylic acids is 2. The third kappa shape index (κ3) is 10.7. The van der Waals surface area contributed by atoms with Gasteiger partial charge in [-0.2, -0.15) is 9.97 Å². The van der Waals surface area contributed by atoms with Crippen molar-refractivity contribution in [2.45, 2.75) is 72.8 Å². The van der Waals surface area contributed by atoms with Crippen LogP contribution in [0.15, 0.2) is 30.3 Å². The maximum absolute atomic E-state index is 11.1. The van der Waals surface area contributed by atoms with Crippen molar-refractivity contribution in [2.24, 2.45) is 7.05 Å². The normalized spacial score (nSPS) is 10.9. The van der Waals surface area contributed by atoms with Gasteiger partial charge >= 0.3 is 0 Å². The van der Waals surface area contributed by atoms with Crippen LogP contribution in [0, 0.1) is 6.92 Å². The number of carbonyl (C=O) groups is 2. The molecule has 11 heteroatoms. The molecule has 0 saturated carbocycles. The van der Waals surface area contributed by atoms with Gasteiger partial charge in [0.15, 0.2) is 0 Å². The number of aryl methyl sites for hydroxylation is 1. The lowest BCUT2D eigenvalue weighted by Crippen LogP contribution is -2.16. The molecule has 0 amide bonds. The van der Waals surface area contributed by atoms with Gasteiger partial charge in [0.1, 0.15) is 24.8 Å². The number of hydrogen-bond acceptors (Lipinski definition) is 10. The number of ketones is 2.